The van der Waals surface area contributed by atoms with Crippen LogP contribution in [0.5, 0.6) is 0 Å². The Bertz CT molecular complexity index is 569. The molecular formula is C13H14Cl2N2O3. The summed E-state index contributed by atoms with van der Waals surface area (Å²) < 4.78 is 0. The maximum absolute atomic E-state index is 12.3. The van der Waals surface area contributed by atoms with Crippen LogP contribution in [-0.2, 0) is 4.79 Å². The van der Waals surface area contributed by atoms with Gasteiger partial charge in [0.25, 0.3) is 0 Å². The molecule has 7 heteroatoms. The number of hydrogen-bond acceptors (Lipinski definition) is 3. The molecule has 1 aliphatic heterocycles. The molecule has 1 aromatic rings. The molecule has 0 saturated carbocycles. The van der Waals surface area contributed by atoms with Gasteiger partial charge in [-0.05, 0) is 38.4 Å². The zero-order valence-electron chi connectivity index (χ0n) is 10.8. The third-order valence-corrected chi connectivity index (χ3v) is 3.91. The van der Waals surface area contributed by atoms with Crippen molar-refractivity contribution in [2.45, 2.75) is 25.3 Å². The molecule has 1 aliphatic rings. The van der Waals surface area contributed by atoms with Gasteiger partial charge in [-0.2, -0.15) is 0 Å². The van der Waals surface area contributed by atoms with E-state index in [0.717, 1.165) is 13.0 Å². The normalized spacial score (nSPS) is 21.8. The second kappa shape index (κ2) is 5.60. The Kier molecular flexibility index (Phi) is 4.22. The lowest BCUT2D eigenvalue weighted by Gasteiger charge is -2.24. The average Bonchev–Trinajstić information content (AvgIpc) is 2.80. The molecule has 3 N–H and O–H groups in total. The van der Waals surface area contributed by atoms with Gasteiger partial charge in [0, 0.05) is 5.02 Å². The van der Waals surface area contributed by atoms with Crippen molar-refractivity contribution in [3.05, 3.63) is 27.7 Å². The number of anilines is 1. The van der Waals surface area contributed by atoms with Gasteiger partial charge in [-0.1, -0.05) is 23.2 Å². The summed E-state index contributed by atoms with van der Waals surface area (Å²) in [6.45, 7) is 2.53. The molecule has 0 radical (unpaired) electrons. The highest BCUT2D eigenvalue weighted by Gasteiger charge is 2.36. The molecule has 0 aliphatic carbocycles. The van der Waals surface area contributed by atoms with Crippen LogP contribution in [0, 0.1) is 0 Å². The third-order valence-electron chi connectivity index (χ3n) is 3.39. The van der Waals surface area contributed by atoms with Crippen molar-refractivity contribution in [1.29, 1.82) is 0 Å². The Morgan fingerprint density at radius 1 is 1.40 bits per heavy atom. The average molecular weight is 317 g/mol. The number of carbonyl (C=O) groups is 2. The van der Waals surface area contributed by atoms with Crippen LogP contribution in [0.25, 0.3) is 0 Å². The number of amides is 1. The fraction of sp³-hybridized carbons (Fsp3) is 0.385. The van der Waals surface area contributed by atoms with Crippen LogP contribution in [0.15, 0.2) is 12.1 Å². The zero-order valence-corrected chi connectivity index (χ0v) is 12.3. The molecule has 1 saturated heterocycles. The van der Waals surface area contributed by atoms with Crippen molar-refractivity contribution in [2.24, 2.45) is 0 Å². The monoisotopic (exact) mass is 316 g/mol. The Labute approximate surface area is 126 Å². The summed E-state index contributed by atoms with van der Waals surface area (Å²) in [5.74, 6) is -1.50. The number of hydrogen-bond donors (Lipinski definition) is 3. The Balaban J connectivity index is 2.33. The zero-order chi connectivity index (χ0) is 14.9. The van der Waals surface area contributed by atoms with E-state index in [1.165, 1.54) is 12.1 Å². The molecule has 1 unspecified atom stereocenters. The standard InChI is InChI=1S/C13H14Cl2N2O3/c1-13(3-2-4-16-13)12(20)17-10-8(11(18)19)5-7(14)6-9(10)15/h5-6,16H,2-4H2,1H3,(H,17,20)(H,18,19). The summed E-state index contributed by atoms with van der Waals surface area (Å²) in [5.41, 5.74) is -0.764. The molecule has 20 heavy (non-hydrogen) atoms. The Hall–Kier alpha value is -1.30. The lowest BCUT2D eigenvalue weighted by molar-refractivity contribution is -0.121. The van der Waals surface area contributed by atoms with Crippen LogP contribution >= 0.6 is 23.2 Å². The second-order valence-electron chi connectivity index (χ2n) is 4.93. The molecule has 5 nitrogen and oxygen atoms in total. The van der Waals surface area contributed by atoms with Gasteiger partial charge in [0.15, 0.2) is 0 Å². The van der Waals surface area contributed by atoms with Crippen LogP contribution in [0.4, 0.5) is 5.69 Å². The highest BCUT2D eigenvalue weighted by atomic mass is 35.5. The van der Waals surface area contributed by atoms with Crippen LogP contribution in [0.1, 0.15) is 30.1 Å². The van der Waals surface area contributed by atoms with Gasteiger partial charge < -0.3 is 15.7 Å². The molecule has 1 fully saturated rings. The number of carbonyl (C=O) groups excluding carboxylic acids is 1. The van der Waals surface area contributed by atoms with Crippen molar-refractivity contribution in [2.75, 3.05) is 11.9 Å². The minimum absolute atomic E-state index is 0.0727. The number of nitrogens with one attached hydrogen (secondary N) is 2. The van der Waals surface area contributed by atoms with E-state index in [2.05, 4.69) is 10.6 Å². The third kappa shape index (κ3) is 2.90. The minimum Gasteiger partial charge on any atom is -0.478 e. The first-order valence-electron chi connectivity index (χ1n) is 6.12. The van der Waals surface area contributed by atoms with Crippen LogP contribution in [-0.4, -0.2) is 29.1 Å². The summed E-state index contributed by atoms with van der Waals surface area (Å²) in [7, 11) is 0. The van der Waals surface area contributed by atoms with Gasteiger partial charge in [-0.15, -0.1) is 0 Å². The molecular weight excluding hydrogens is 303 g/mol. The minimum atomic E-state index is -1.20. The molecule has 1 aromatic carbocycles. The number of halogens is 2. The van der Waals surface area contributed by atoms with E-state index >= 15 is 0 Å². The number of rotatable bonds is 3. The summed E-state index contributed by atoms with van der Waals surface area (Å²) in [5, 5.41) is 15.2. The van der Waals surface area contributed by atoms with Crippen LogP contribution in [0.2, 0.25) is 10.0 Å². The van der Waals surface area contributed by atoms with Crippen LogP contribution < -0.4 is 10.6 Å². The van der Waals surface area contributed by atoms with Crippen molar-refractivity contribution in [3.63, 3.8) is 0 Å². The van der Waals surface area contributed by atoms with Crippen molar-refractivity contribution in [3.8, 4) is 0 Å². The molecule has 2 rings (SSSR count). The van der Waals surface area contributed by atoms with E-state index in [9.17, 15) is 14.7 Å². The van der Waals surface area contributed by atoms with E-state index in [1.807, 2.05) is 0 Å². The predicted octanol–water partition coefficient (Wildman–Crippen LogP) is 2.77. The molecule has 1 atom stereocenters. The number of benzene rings is 1. The van der Waals surface area contributed by atoms with Crippen molar-refractivity contribution >= 4 is 40.8 Å². The number of carboxylic acid groups (broad SMARTS) is 1. The molecule has 0 bridgehead atoms. The van der Waals surface area contributed by atoms with Gasteiger partial charge in [-0.25, -0.2) is 4.79 Å². The molecule has 0 spiro atoms. The SMILES string of the molecule is CC1(C(=O)Nc2c(Cl)cc(Cl)cc2C(=O)O)CCCN1. The topological polar surface area (TPSA) is 78.4 Å². The quantitative estimate of drug-likeness (QED) is 0.801. The largest absolute Gasteiger partial charge is 0.478 e. The highest BCUT2D eigenvalue weighted by molar-refractivity contribution is 6.37. The maximum atomic E-state index is 12.3. The van der Waals surface area contributed by atoms with Gasteiger partial charge in [0.1, 0.15) is 0 Å². The first kappa shape index (κ1) is 15.1. The lowest BCUT2D eigenvalue weighted by atomic mass is 9.99. The Morgan fingerprint density at radius 3 is 2.65 bits per heavy atom. The van der Waals surface area contributed by atoms with Crippen molar-refractivity contribution < 1.29 is 14.7 Å². The summed E-state index contributed by atoms with van der Waals surface area (Å²) in [4.78, 5) is 23.5. The van der Waals surface area contributed by atoms with E-state index in [-0.39, 0.29) is 27.2 Å². The van der Waals surface area contributed by atoms with E-state index < -0.39 is 11.5 Å². The lowest BCUT2D eigenvalue weighted by Crippen LogP contribution is -2.48. The summed E-state index contributed by atoms with van der Waals surface area (Å²) >= 11 is 11.8. The van der Waals surface area contributed by atoms with Gasteiger partial charge in [0.2, 0.25) is 5.91 Å². The van der Waals surface area contributed by atoms with Gasteiger partial charge >= 0.3 is 5.97 Å². The summed E-state index contributed by atoms with van der Waals surface area (Å²) in [6, 6.07) is 2.66. The predicted molar refractivity (Wildman–Crippen MR) is 77.7 cm³/mol. The maximum Gasteiger partial charge on any atom is 0.337 e. The van der Waals surface area contributed by atoms with Crippen molar-refractivity contribution in [1.82, 2.24) is 5.32 Å². The Morgan fingerprint density at radius 2 is 2.10 bits per heavy atom. The number of carboxylic acids is 1. The van der Waals surface area contributed by atoms with E-state index in [1.54, 1.807) is 6.92 Å². The van der Waals surface area contributed by atoms with Gasteiger partial charge in [-0.3, -0.25) is 4.79 Å². The van der Waals surface area contributed by atoms with Gasteiger partial charge in [0.05, 0.1) is 21.8 Å². The number of aromatic carboxylic acids is 1. The fourth-order valence-corrected chi connectivity index (χ4v) is 2.75. The highest BCUT2D eigenvalue weighted by Crippen LogP contribution is 2.31. The van der Waals surface area contributed by atoms with E-state index in [0.29, 0.717) is 6.42 Å². The second-order valence-corrected chi connectivity index (χ2v) is 5.78. The van der Waals surface area contributed by atoms with Crippen LogP contribution in [0.3, 0.4) is 0 Å². The molecule has 1 heterocycles. The fourth-order valence-electron chi connectivity index (χ4n) is 2.21. The smallest absolute Gasteiger partial charge is 0.337 e. The molecule has 1 amide bonds. The summed E-state index contributed by atoms with van der Waals surface area (Å²) in [6.07, 6.45) is 1.58. The van der Waals surface area contributed by atoms with E-state index in [4.69, 9.17) is 23.2 Å². The first-order chi connectivity index (χ1) is 9.33. The molecule has 0 aromatic heterocycles. The first-order valence-corrected chi connectivity index (χ1v) is 6.88. The molecule has 108 valence electrons.